The predicted octanol–water partition coefficient (Wildman–Crippen LogP) is 3.15. The van der Waals surface area contributed by atoms with Gasteiger partial charge in [-0.3, -0.25) is 0 Å². The number of nitrogens with one attached hydrogen (secondary N) is 2. The number of esters is 1. The standard InChI is InChI=1S/C17H21N5O2/c1-24-16(23)12-7-9-14(10-8-12)20-17-21-15(11-18-22-17)19-13-5-3-2-4-6-13/h7-11,13H,2-6H2,1H3,(H2,19,20,21,22). The lowest BCUT2D eigenvalue weighted by molar-refractivity contribution is 0.0601. The van der Waals surface area contributed by atoms with Gasteiger partial charge in [0, 0.05) is 11.7 Å². The summed E-state index contributed by atoms with van der Waals surface area (Å²) in [5, 5.41) is 14.5. The molecule has 1 heterocycles. The Balaban J connectivity index is 1.64. The lowest BCUT2D eigenvalue weighted by Gasteiger charge is -2.23. The second-order valence-corrected chi connectivity index (χ2v) is 5.84. The summed E-state index contributed by atoms with van der Waals surface area (Å²) in [4.78, 5) is 15.9. The van der Waals surface area contributed by atoms with Gasteiger partial charge in [-0.2, -0.15) is 10.1 Å². The van der Waals surface area contributed by atoms with Gasteiger partial charge in [-0.1, -0.05) is 19.3 Å². The minimum atomic E-state index is -0.363. The van der Waals surface area contributed by atoms with Crippen molar-refractivity contribution >= 4 is 23.4 Å². The van der Waals surface area contributed by atoms with Crippen LogP contribution in [0.25, 0.3) is 0 Å². The first-order chi connectivity index (χ1) is 11.7. The zero-order chi connectivity index (χ0) is 16.8. The molecule has 0 bridgehead atoms. The fourth-order valence-electron chi connectivity index (χ4n) is 2.82. The maximum absolute atomic E-state index is 11.4. The molecule has 0 radical (unpaired) electrons. The first-order valence-electron chi connectivity index (χ1n) is 8.16. The van der Waals surface area contributed by atoms with Gasteiger partial charge >= 0.3 is 5.97 Å². The van der Waals surface area contributed by atoms with Crippen molar-refractivity contribution in [1.29, 1.82) is 0 Å². The largest absolute Gasteiger partial charge is 0.465 e. The van der Waals surface area contributed by atoms with Gasteiger partial charge in [0.2, 0.25) is 5.95 Å². The number of methoxy groups -OCH3 is 1. The molecule has 0 unspecified atom stereocenters. The van der Waals surface area contributed by atoms with Gasteiger partial charge in [0.25, 0.3) is 0 Å². The van der Waals surface area contributed by atoms with E-state index in [0.29, 0.717) is 17.6 Å². The number of rotatable bonds is 5. The number of aromatic nitrogens is 3. The molecule has 24 heavy (non-hydrogen) atoms. The molecular formula is C17H21N5O2. The average Bonchev–Trinajstić information content (AvgIpc) is 2.63. The molecule has 1 aliphatic carbocycles. The van der Waals surface area contributed by atoms with Crippen LogP contribution in [0.4, 0.5) is 17.5 Å². The molecule has 7 heteroatoms. The molecule has 1 saturated carbocycles. The highest BCUT2D eigenvalue weighted by Crippen LogP contribution is 2.21. The second kappa shape index (κ2) is 7.72. The van der Waals surface area contributed by atoms with E-state index in [2.05, 4.69) is 30.6 Å². The van der Waals surface area contributed by atoms with E-state index in [9.17, 15) is 4.79 Å². The topological polar surface area (TPSA) is 89.0 Å². The maximum Gasteiger partial charge on any atom is 0.337 e. The lowest BCUT2D eigenvalue weighted by Crippen LogP contribution is -2.23. The zero-order valence-corrected chi connectivity index (χ0v) is 13.7. The fraction of sp³-hybridized carbons (Fsp3) is 0.412. The van der Waals surface area contributed by atoms with Crippen LogP contribution in [0.2, 0.25) is 0 Å². The van der Waals surface area contributed by atoms with Crippen molar-refractivity contribution in [3.05, 3.63) is 36.0 Å². The number of nitrogens with zero attached hydrogens (tertiary/aromatic N) is 3. The number of carbonyl (C=O) groups excluding carboxylic acids is 1. The van der Waals surface area contributed by atoms with Crippen molar-refractivity contribution in [1.82, 2.24) is 15.2 Å². The number of carbonyl (C=O) groups is 1. The molecule has 126 valence electrons. The number of hydrogen-bond donors (Lipinski definition) is 2. The SMILES string of the molecule is COC(=O)c1ccc(Nc2nncc(NC3CCCCC3)n2)cc1. The number of anilines is 3. The van der Waals surface area contributed by atoms with E-state index in [-0.39, 0.29) is 5.97 Å². The first-order valence-corrected chi connectivity index (χ1v) is 8.16. The van der Waals surface area contributed by atoms with E-state index in [1.807, 2.05) is 0 Å². The molecule has 0 amide bonds. The summed E-state index contributed by atoms with van der Waals surface area (Å²) >= 11 is 0. The van der Waals surface area contributed by atoms with Gasteiger partial charge in [0.05, 0.1) is 18.9 Å². The third-order valence-electron chi connectivity index (χ3n) is 4.08. The normalized spacial score (nSPS) is 14.9. The van der Waals surface area contributed by atoms with E-state index < -0.39 is 0 Å². The molecule has 1 aliphatic rings. The van der Waals surface area contributed by atoms with Crippen molar-refractivity contribution in [2.45, 2.75) is 38.1 Å². The Morgan fingerprint density at radius 2 is 1.92 bits per heavy atom. The van der Waals surface area contributed by atoms with Crippen LogP contribution in [0.1, 0.15) is 42.5 Å². The second-order valence-electron chi connectivity index (χ2n) is 5.84. The minimum absolute atomic E-state index is 0.363. The van der Waals surface area contributed by atoms with E-state index in [1.165, 1.54) is 39.2 Å². The van der Waals surface area contributed by atoms with Crippen LogP contribution in [0, 0.1) is 0 Å². The number of ether oxygens (including phenoxy) is 1. The quantitative estimate of drug-likeness (QED) is 0.815. The molecule has 1 fully saturated rings. The smallest absolute Gasteiger partial charge is 0.337 e. The number of benzene rings is 1. The van der Waals surface area contributed by atoms with E-state index >= 15 is 0 Å². The molecule has 2 N–H and O–H groups in total. The summed E-state index contributed by atoms with van der Waals surface area (Å²) in [5.41, 5.74) is 1.27. The van der Waals surface area contributed by atoms with Crippen LogP contribution in [-0.2, 0) is 4.74 Å². The Labute approximate surface area is 140 Å². The maximum atomic E-state index is 11.4. The van der Waals surface area contributed by atoms with Crippen molar-refractivity contribution in [2.75, 3.05) is 17.7 Å². The molecular weight excluding hydrogens is 306 g/mol. The Bertz CT molecular complexity index is 684. The van der Waals surface area contributed by atoms with Gasteiger partial charge in [-0.05, 0) is 37.1 Å². The third-order valence-corrected chi connectivity index (χ3v) is 4.08. The molecule has 0 saturated heterocycles. The van der Waals surface area contributed by atoms with Gasteiger partial charge in [0.15, 0.2) is 5.82 Å². The zero-order valence-electron chi connectivity index (χ0n) is 13.7. The van der Waals surface area contributed by atoms with Crippen LogP contribution >= 0.6 is 0 Å². The first kappa shape index (κ1) is 16.2. The van der Waals surface area contributed by atoms with E-state index in [4.69, 9.17) is 0 Å². The van der Waals surface area contributed by atoms with E-state index in [1.54, 1.807) is 30.5 Å². The van der Waals surface area contributed by atoms with Crippen molar-refractivity contribution in [3.63, 3.8) is 0 Å². The third kappa shape index (κ3) is 4.18. The highest BCUT2D eigenvalue weighted by atomic mass is 16.5. The van der Waals surface area contributed by atoms with Crippen molar-refractivity contribution in [2.24, 2.45) is 0 Å². The Hall–Kier alpha value is -2.70. The van der Waals surface area contributed by atoms with Crippen LogP contribution in [0.3, 0.4) is 0 Å². The van der Waals surface area contributed by atoms with Crippen LogP contribution in [0.5, 0.6) is 0 Å². The van der Waals surface area contributed by atoms with Gasteiger partial charge in [-0.15, -0.1) is 5.10 Å². The highest BCUT2D eigenvalue weighted by molar-refractivity contribution is 5.89. The summed E-state index contributed by atoms with van der Waals surface area (Å²) in [6.45, 7) is 0. The van der Waals surface area contributed by atoms with Gasteiger partial charge in [-0.25, -0.2) is 4.79 Å². The highest BCUT2D eigenvalue weighted by Gasteiger charge is 2.14. The summed E-state index contributed by atoms with van der Waals surface area (Å²) in [6.07, 6.45) is 7.81. The average molecular weight is 327 g/mol. The molecule has 0 aliphatic heterocycles. The molecule has 7 nitrogen and oxygen atoms in total. The molecule has 0 atom stereocenters. The summed E-state index contributed by atoms with van der Waals surface area (Å²) in [6, 6.07) is 7.38. The lowest BCUT2D eigenvalue weighted by atomic mass is 9.96. The Morgan fingerprint density at radius 1 is 1.17 bits per heavy atom. The summed E-state index contributed by atoms with van der Waals surface area (Å²) < 4.78 is 4.68. The van der Waals surface area contributed by atoms with Gasteiger partial charge < -0.3 is 15.4 Å². The summed E-state index contributed by atoms with van der Waals surface area (Å²) in [5.74, 6) is 0.783. The molecule has 1 aromatic carbocycles. The molecule has 3 rings (SSSR count). The molecule has 2 aromatic rings. The Kier molecular flexibility index (Phi) is 5.20. The molecule has 1 aromatic heterocycles. The fourth-order valence-corrected chi connectivity index (χ4v) is 2.82. The van der Waals surface area contributed by atoms with Crippen LogP contribution < -0.4 is 10.6 Å². The van der Waals surface area contributed by atoms with E-state index in [0.717, 1.165) is 11.5 Å². The van der Waals surface area contributed by atoms with Crippen molar-refractivity contribution in [3.8, 4) is 0 Å². The Morgan fingerprint density at radius 3 is 2.62 bits per heavy atom. The van der Waals surface area contributed by atoms with Crippen LogP contribution in [0.15, 0.2) is 30.5 Å². The molecule has 0 spiro atoms. The van der Waals surface area contributed by atoms with Gasteiger partial charge in [0.1, 0.15) is 0 Å². The predicted molar refractivity (Wildman–Crippen MR) is 91.4 cm³/mol. The monoisotopic (exact) mass is 327 g/mol. The minimum Gasteiger partial charge on any atom is -0.465 e. The summed E-state index contributed by atoms with van der Waals surface area (Å²) in [7, 11) is 1.36. The van der Waals surface area contributed by atoms with Crippen LogP contribution in [-0.4, -0.2) is 34.3 Å². The van der Waals surface area contributed by atoms with Crippen molar-refractivity contribution < 1.29 is 9.53 Å². The number of hydrogen-bond acceptors (Lipinski definition) is 7.